The quantitative estimate of drug-likeness (QED) is 0.861. The maximum absolute atomic E-state index is 12.6. The number of aryl methyl sites for hydroxylation is 2. The molecule has 3 rings (SSSR count). The molecule has 1 aromatic carbocycles. The molecule has 0 unspecified atom stereocenters. The number of carbonyl (C=O) groups excluding carboxylic acids is 1. The van der Waals surface area contributed by atoms with Gasteiger partial charge in [0.05, 0.1) is 6.04 Å². The number of anilines is 1. The Bertz CT molecular complexity index is 781. The first-order chi connectivity index (χ1) is 12.4. The topological polar surface area (TPSA) is 61.4 Å². The number of benzene rings is 1. The van der Waals surface area contributed by atoms with E-state index < -0.39 is 0 Å². The number of halogens is 1. The number of aromatic nitrogens is 2. The van der Waals surface area contributed by atoms with Crippen LogP contribution >= 0.6 is 22.9 Å². The highest BCUT2D eigenvalue weighted by Crippen LogP contribution is 2.25. The predicted molar refractivity (Wildman–Crippen MR) is 106 cm³/mol. The zero-order valence-electron chi connectivity index (χ0n) is 15.3. The fraction of sp³-hybridized carbons (Fsp3) is 0.500. The zero-order valence-corrected chi connectivity index (χ0v) is 16.9. The molecule has 2 amide bonds. The predicted octanol–water partition coefficient (Wildman–Crippen LogP) is 3.62. The van der Waals surface area contributed by atoms with Crippen molar-refractivity contribution in [1.29, 1.82) is 0 Å². The summed E-state index contributed by atoms with van der Waals surface area (Å²) in [5.41, 5.74) is 2.06. The average Bonchev–Trinajstić information content (AvgIpc) is 3.08. The minimum Gasteiger partial charge on any atom is -0.345 e. The number of nitrogens with zero attached hydrogens (tertiary/aromatic N) is 4. The van der Waals surface area contributed by atoms with Gasteiger partial charge in [0.15, 0.2) is 0 Å². The SMILES string of the molecule is Cc1nnc(N2CCC[C@@H](N(C)C(=O)NCc3ccc(Cl)c(C)c3)C2)s1. The van der Waals surface area contributed by atoms with Crippen molar-refractivity contribution in [1.82, 2.24) is 20.4 Å². The van der Waals surface area contributed by atoms with Crippen molar-refractivity contribution in [3.05, 3.63) is 39.4 Å². The second-order valence-electron chi connectivity index (χ2n) is 6.70. The molecule has 0 saturated carbocycles. The minimum absolute atomic E-state index is 0.0575. The van der Waals surface area contributed by atoms with Crippen LogP contribution in [0.15, 0.2) is 18.2 Å². The van der Waals surface area contributed by atoms with Crippen LogP contribution in [0.2, 0.25) is 5.02 Å². The molecular weight excluding hydrogens is 370 g/mol. The van der Waals surface area contributed by atoms with Crippen molar-refractivity contribution in [2.24, 2.45) is 0 Å². The third kappa shape index (κ3) is 4.45. The summed E-state index contributed by atoms with van der Waals surface area (Å²) in [4.78, 5) is 16.6. The van der Waals surface area contributed by atoms with E-state index in [1.165, 1.54) is 0 Å². The van der Waals surface area contributed by atoms with E-state index in [4.69, 9.17) is 11.6 Å². The first-order valence-corrected chi connectivity index (χ1v) is 9.94. The molecule has 2 aromatic rings. The van der Waals surface area contributed by atoms with Gasteiger partial charge in [0.1, 0.15) is 5.01 Å². The van der Waals surface area contributed by atoms with E-state index in [2.05, 4.69) is 20.4 Å². The van der Waals surface area contributed by atoms with E-state index in [1.807, 2.05) is 44.0 Å². The van der Waals surface area contributed by atoms with Crippen molar-refractivity contribution >= 4 is 34.1 Å². The van der Waals surface area contributed by atoms with Crippen LogP contribution in [0.3, 0.4) is 0 Å². The van der Waals surface area contributed by atoms with Gasteiger partial charge in [0, 0.05) is 31.7 Å². The first-order valence-electron chi connectivity index (χ1n) is 8.75. The van der Waals surface area contributed by atoms with Gasteiger partial charge in [0.25, 0.3) is 0 Å². The van der Waals surface area contributed by atoms with Crippen molar-refractivity contribution in [2.75, 3.05) is 25.0 Å². The molecule has 8 heteroatoms. The molecule has 1 aliphatic heterocycles. The molecule has 6 nitrogen and oxygen atoms in total. The molecule has 0 bridgehead atoms. The Morgan fingerprint density at radius 1 is 1.42 bits per heavy atom. The fourth-order valence-electron chi connectivity index (χ4n) is 3.14. The van der Waals surface area contributed by atoms with Gasteiger partial charge in [-0.2, -0.15) is 0 Å². The van der Waals surface area contributed by atoms with E-state index in [1.54, 1.807) is 11.3 Å². The molecule has 1 atom stereocenters. The van der Waals surface area contributed by atoms with E-state index in [0.717, 1.165) is 52.2 Å². The molecule has 1 aliphatic rings. The van der Waals surface area contributed by atoms with E-state index in [0.29, 0.717) is 6.54 Å². The average molecular weight is 394 g/mol. The highest BCUT2D eigenvalue weighted by atomic mass is 35.5. The second kappa shape index (κ2) is 8.22. The first kappa shape index (κ1) is 18.9. The number of carbonyl (C=O) groups is 1. The molecule has 1 N–H and O–H groups in total. The molecule has 1 fully saturated rings. The largest absolute Gasteiger partial charge is 0.345 e. The van der Waals surface area contributed by atoms with Crippen LogP contribution in [-0.4, -0.2) is 47.3 Å². The molecule has 0 aliphatic carbocycles. The Kier molecular flexibility index (Phi) is 5.98. The lowest BCUT2D eigenvalue weighted by Gasteiger charge is -2.37. The number of hydrogen-bond donors (Lipinski definition) is 1. The third-order valence-corrected chi connectivity index (χ3v) is 6.04. The smallest absolute Gasteiger partial charge is 0.317 e. The monoisotopic (exact) mass is 393 g/mol. The molecule has 140 valence electrons. The lowest BCUT2D eigenvalue weighted by atomic mass is 10.1. The van der Waals surface area contributed by atoms with E-state index >= 15 is 0 Å². The van der Waals surface area contributed by atoms with E-state index in [-0.39, 0.29) is 12.1 Å². The zero-order chi connectivity index (χ0) is 18.7. The molecule has 0 radical (unpaired) electrons. The van der Waals surface area contributed by atoms with Gasteiger partial charge in [0.2, 0.25) is 5.13 Å². The number of urea groups is 1. The summed E-state index contributed by atoms with van der Waals surface area (Å²) < 4.78 is 0. The highest BCUT2D eigenvalue weighted by molar-refractivity contribution is 7.15. The summed E-state index contributed by atoms with van der Waals surface area (Å²) in [6.45, 7) is 6.17. The standard InChI is InChI=1S/C18H24ClN5OS/c1-12-9-14(6-7-16(12)19)10-20-17(25)23(3)15-5-4-8-24(11-15)18-22-21-13(2)26-18/h6-7,9,15H,4-5,8,10-11H2,1-3H3,(H,20,25)/t15-/m1/s1. The normalized spacial score (nSPS) is 17.2. The van der Waals surface area contributed by atoms with Crippen LogP contribution in [-0.2, 0) is 6.54 Å². The van der Waals surface area contributed by atoms with Crippen LogP contribution in [0.4, 0.5) is 9.93 Å². The summed E-state index contributed by atoms with van der Waals surface area (Å²) in [6.07, 6.45) is 2.04. The maximum Gasteiger partial charge on any atom is 0.317 e. The van der Waals surface area contributed by atoms with Crippen LogP contribution in [0.25, 0.3) is 0 Å². The number of nitrogens with one attached hydrogen (secondary N) is 1. The lowest BCUT2D eigenvalue weighted by molar-refractivity contribution is 0.182. The highest BCUT2D eigenvalue weighted by Gasteiger charge is 2.27. The number of likely N-dealkylation sites (N-methyl/N-ethyl adjacent to an activating group) is 1. The van der Waals surface area contributed by atoms with Gasteiger partial charge in [-0.15, -0.1) is 10.2 Å². The number of piperidine rings is 1. The van der Waals surface area contributed by atoms with Crippen molar-refractivity contribution in [3.63, 3.8) is 0 Å². The Morgan fingerprint density at radius 3 is 2.92 bits per heavy atom. The minimum atomic E-state index is -0.0575. The number of hydrogen-bond acceptors (Lipinski definition) is 5. The van der Waals surface area contributed by atoms with Gasteiger partial charge >= 0.3 is 6.03 Å². The molecule has 0 spiro atoms. The summed E-state index contributed by atoms with van der Waals surface area (Å²) >= 11 is 7.65. The van der Waals surface area contributed by atoms with Crippen LogP contribution < -0.4 is 10.2 Å². The van der Waals surface area contributed by atoms with Crippen LogP contribution in [0.1, 0.15) is 29.0 Å². The van der Waals surface area contributed by atoms with Crippen LogP contribution in [0, 0.1) is 13.8 Å². The van der Waals surface area contributed by atoms with E-state index in [9.17, 15) is 4.79 Å². The number of rotatable bonds is 4. The van der Waals surface area contributed by atoms with Gasteiger partial charge in [-0.05, 0) is 43.9 Å². The Morgan fingerprint density at radius 2 is 2.23 bits per heavy atom. The van der Waals surface area contributed by atoms with Crippen molar-refractivity contribution in [3.8, 4) is 0 Å². The van der Waals surface area contributed by atoms with Gasteiger partial charge in [-0.1, -0.05) is 35.1 Å². The van der Waals surface area contributed by atoms with Crippen molar-refractivity contribution in [2.45, 2.75) is 39.3 Å². The Balaban J connectivity index is 1.56. The molecule has 26 heavy (non-hydrogen) atoms. The van der Waals surface area contributed by atoms with Crippen LogP contribution in [0.5, 0.6) is 0 Å². The van der Waals surface area contributed by atoms with Crippen molar-refractivity contribution < 1.29 is 4.79 Å². The second-order valence-corrected chi connectivity index (χ2v) is 8.27. The Labute approximate surface area is 163 Å². The molecule has 1 aromatic heterocycles. The summed E-state index contributed by atoms with van der Waals surface area (Å²) in [7, 11) is 1.86. The third-order valence-electron chi connectivity index (χ3n) is 4.72. The Hall–Kier alpha value is -1.86. The van der Waals surface area contributed by atoms with Gasteiger partial charge in [-0.25, -0.2) is 4.79 Å². The van der Waals surface area contributed by atoms with Gasteiger partial charge < -0.3 is 15.1 Å². The maximum atomic E-state index is 12.6. The fourth-order valence-corrected chi connectivity index (χ4v) is 3.98. The molecular formula is C18H24ClN5OS. The summed E-state index contributed by atoms with van der Waals surface area (Å²) in [6, 6.07) is 5.92. The van der Waals surface area contributed by atoms with Gasteiger partial charge in [-0.3, -0.25) is 0 Å². The number of amides is 2. The summed E-state index contributed by atoms with van der Waals surface area (Å²) in [5.74, 6) is 0. The summed E-state index contributed by atoms with van der Waals surface area (Å²) in [5, 5.41) is 14.0. The molecule has 2 heterocycles. The molecule has 1 saturated heterocycles. The lowest BCUT2D eigenvalue weighted by Crippen LogP contribution is -2.51.